The van der Waals surface area contributed by atoms with Crippen molar-refractivity contribution < 1.29 is 0 Å². The Bertz CT molecular complexity index is 414. The molecule has 0 aliphatic rings. The summed E-state index contributed by atoms with van der Waals surface area (Å²) in [5.74, 6) is 1.31. The largest absolute Gasteiger partial charge is 0.368 e. The van der Waals surface area contributed by atoms with Gasteiger partial charge in [-0.2, -0.15) is 15.0 Å². The predicted octanol–water partition coefficient (Wildman–Crippen LogP) is 2.99. The van der Waals surface area contributed by atoms with E-state index in [1.54, 1.807) is 0 Å². The van der Waals surface area contributed by atoms with Crippen LogP contribution in [-0.4, -0.2) is 15.0 Å². The monoisotopic (exact) mass is 265 g/mol. The number of nitrogens with zero attached hydrogens (tertiary/aromatic N) is 3. The van der Waals surface area contributed by atoms with E-state index in [9.17, 15) is 0 Å². The van der Waals surface area contributed by atoms with E-state index in [1.807, 2.05) is 0 Å². The van der Waals surface area contributed by atoms with Gasteiger partial charge in [-0.1, -0.05) is 48.0 Å². The molecule has 0 fully saturated rings. The van der Waals surface area contributed by atoms with Crippen molar-refractivity contribution >= 4 is 11.9 Å². The molecule has 0 radical (unpaired) electrons. The minimum Gasteiger partial charge on any atom is -0.368 e. The summed E-state index contributed by atoms with van der Waals surface area (Å²) in [5, 5.41) is 0. The second-order valence-corrected chi connectivity index (χ2v) is 7.05. The van der Waals surface area contributed by atoms with E-state index in [0.29, 0.717) is 5.82 Å². The van der Waals surface area contributed by atoms with Gasteiger partial charge in [0.1, 0.15) is 5.82 Å². The summed E-state index contributed by atoms with van der Waals surface area (Å²) in [5.41, 5.74) is 11.7. The van der Waals surface area contributed by atoms with Crippen molar-refractivity contribution in [1.82, 2.24) is 15.0 Å². The molecule has 1 rings (SSSR count). The van der Waals surface area contributed by atoms with Crippen LogP contribution < -0.4 is 11.5 Å². The maximum atomic E-state index is 5.69. The van der Waals surface area contributed by atoms with Crippen LogP contribution in [0.1, 0.15) is 66.1 Å². The van der Waals surface area contributed by atoms with E-state index in [0.717, 1.165) is 12.8 Å². The van der Waals surface area contributed by atoms with Gasteiger partial charge in [0.25, 0.3) is 0 Å². The number of nitrogens with two attached hydrogens (primary N) is 2. The lowest BCUT2D eigenvalue weighted by Gasteiger charge is -2.35. The normalized spacial score (nSPS) is 14.4. The molecule has 0 saturated heterocycles. The molecule has 1 unspecified atom stereocenters. The van der Waals surface area contributed by atoms with Crippen LogP contribution in [0.15, 0.2) is 0 Å². The highest BCUT2D eigenvalue weighted by Crippen LogP contribution is 2.43. The van der Waals surface area contributed by atoms with E-state index in [-0.39, 0.29) is 28.6 Å². The standard InChI is InChI=1S/C14H27N5/c1-7-14(5,6)8-9(13(2,3)4)10-17-11(15)19-12(16)18-10/h9H,7-8H2,1-6H3,(H4,15,16,17,18,19). The molecule has 1 aromatic heterocycles. The van der Waals surface area contributed by atoms with Gasteiger partial charge in [0.05, 0.1) is 0 Å². The van der Waals surface area contributed by atoms with Gasteiger partial charge in [0.15, 0.2) is 0 Å². The summed E-state index contributed by atoms with van der Waals surface area (Å²) in [6.45, 7) is 13.3. The maximum Gasteiger partial charge on any atom is 0.225 e. The number of nitrogen functional groups attached to an aromatic ring is 2. The maximum absolute atomic E-state index is 5.69. The van der Waals surface area contributed by atoms with Crippen molar-refractivity contribution in [3.63, 3.8) is 0 Å². The van der Waals surface area contributed by atoms with Gasteiger partial charge in [-0.15, -0.1) is 0 Å². The fourth-order valence-electron chi connectivity index (χ4n) is 2.06. The third kappa shape index (κ3) is 4.33. The highest BCUT2D eigenvalue weighted by molar-refractivity contribution is 5.27. The molecule has 5 nitrogen and oxygen atoms in total. The van der Waals surface area contributed by atoms with Crippen molar-refractivity contribution in [3.05, 3.63) is 5.82 Å². The first-order valence-corrected chi connectivity index (χ1v) is 6.82. The lowest BCUT2D eigenvalue weighted by atomic mass is 9.70. The highest BCUT2D eigenvalue weighted by atomic mass is 15.1. The Morgan fingerprint density at radius 1 is 0.947 bits per heavy atom. The van der Waals surface area contributed by atoms with Crippen LogP contribution in [0.5, 0.6) is 0 Å². The minimum absolute atomic E-state index is 0.0483. The molecule has 0 saturated carbocycles. The molecule has 19 heavy (non-hydrogen) atoms. The summed E-state index contributed by atoms with van der Waals surface area (Å²) < 4.78 is 0. The summed E-state index contributed by atoms with van der Waals surface area (Å²) in [6.07, 6.45) is 2.10. The molecule has 0 bridgehead atoms. The van der Waals surface area contributed by atoms with Gasteiger partial charge in [-0.3, -0.25) is 0 Å². The molecule has 0 amide bonds. The van der Waals surface area contributed by atoms with Crippen LogP contribution in [0, 0.1) is 10.8 Å². The smallest absolute Gasteiger partial charge is 0.225 e. The second kappa shape index (κ2) is 5.31. The fraction of sp³-hybridized carbons (Fsp3) is 0.786. The lowest BCUT2D eigenvalue weighted by Crippen LogP contribution is -2.27. The van der Waals surface area contributed by atoms with Gasteiger partial charge < -0.3 is 11.5 Å². The van der Waals surface area contributed by atoms with Crippen LogP contribution >= 0.6 is 0 Å². The molecule has 1 aromatic rings. The van der Waals surface area contributed by atoms with Crippen LogP contribution in [-0.2, 0) is 0 Å². The van der Waals surface area contributed by atoms with Crippen molar-refractivity contribution in [2.45, 2.75) is 60.3 Å². The molecule has 4 N–H and O–H groups in total. The Kier molecular flexibility index (Phi) is 4.38. The zero-order chi connectivity index (χ0) is 14.8. The molecule has 0 aromatic carbocycles. The molecule has 108 valence electrons. The average Bonchev–Trinajstić information content (AvgIpc) is 2.23. The lowest BCUT2D eigenvalue weighted by molar-refractivity contribution is 0.202. The summed E-state index contributed by atoms with van der Waals surface area (Å²) in [4.78, 5) is 12.4. The molecule has 0 spiro atoms. The molecular formula is C14H27N5. The molecule has 1 atom stereocenters. The molecule has 5 heteroatoms. The van der Waals surface area contributed by atoms with Gasteiger partial charge in [0, 0.05) is 5.92 Å². The molecule has 1 heterocycles. The number of aromatic nitrogens is 3. The quantitative estimate of drug-likeness (QED) is 0.873. The molecular weight excluding hydrogens is 238 g/mol. The average molecular weight is 265 g/mol. The molecule has 0 aliphatic heterocycles. The van der Waals surface area contributed by atoms with Crippen LogP contribution in [0.2, 0.25) is 0 Å². The van der Waals surface area contributed by atoms with Crippen LogP contribution in [0.4, 0.5) is 11.9 Å². The van der Waals surface area contributed by atoms with Crippen molar-refractivity contribution in [1.29, 1.82) is 0 Å². The Morgan fingerprint density at radius 3 is 1.79 bits per heavy atom. The minimum atomic E-state index is 0.0483. The third-order valence-electron chi connectivity index (χ3n) is 3.76. The Labute approximate surface area is 116 Å². The first kappa shape index (κ1) is 15.7. The highest BCUT2D eigenvalue weighted by Gasteiger charge is 2.34. The van der Waals surface area contributed by atoms with Crippen molar-refractivity contribution in [3.8, 4) is 0 Å². The Hall–Kier alpha value is -1.39. The Balaban J connectivity index is 3.17. The van der Waals surface area contributed by atoms with E-state index in [4.69, 9.17) is 11.5 Å². The van der Waals surface area contributed by atoms with Gasteiger partial charge in [0.2, 0.25) is 11.9 Å². The van der Waals surface area contributed by atoms with Gasteiger partial charge in [-0.25, -0.2) is 0 Å². The van der Waals surface area contributed by atoms with Gasteiger partial charge >= 0.3 is 0 Å². The van der Waals surface area contributed by atoms with Crippen LogP contribution in [0.25, 0.3) is 0 Å². The zero-order valence-corrected chi connectivity index (χ0v) is 13.0. The van der Waals surface area contributed by atoms with E-state index in [1.165, 1.54) is 0 Å². The van der Waals surface area contributed by atoms with Crippen molar-refractivity contribution in [2.75, 3.05) is 11.5 Å². The van der Waals surface area contributed by atoms with Gasteiger partial charge in [-0.05, 0) is 17.3 Å². The number of hydrogen-bond donors (Lipinski definition) is 2. The number of hydrogen-bond acceptors (Lipinski definition) is 5. The topological polar surface area (TPSA) is 90.7 Å². The second-order valence-electron chi connectivity index (χ2n) is 7.05. The first-order chi connectivity index (χ1) is 8.55. The van der Waals surface area contributed by atoms with Crippen molar-refractivity contribution in [2.24, 2.45) is 10.8 Å². The number of anilines is 2. The Morgan fingerprint density at radius 2 is 1.42 bits per heavy atom. The SMILES string of the molecule is CCC(C)(C)CC(c1nc(N)nc(N)n1)C(C)(C)C. The van der Waals surface area contributed by atoms with E-state index < -0.39 is 0 Å². The summed E-state index contributed by atoms with van der Waals surface area (Å²) in [7, 11) is 0. The zero-order valence-electron chi connectivity index (χ0n) is 13.0. The molecule has 0 aliphatic carbocycles. The fourth-order valence-corrected chi connectivity index (χ4v) is 2.06. The third-order valence-corrected chi connectivity index (χ3v) is 3.76. The van der Waals surface area contributed by atoms with E-state index in [2.05, 4.69) is 56.5 Å². The van der Waals surface area contributed by atoms with E-state index >= 15 is 0 Å². The summed E-state index contributed by atoms with van der Waals surface area (Å²) >= 11 is 0. The predicted molar refractivity (Wildman–Crippen MR) is 79.5 cm³/mol. The number of rotatable bonds is 4. The summed E-state index contributed by atoms with van der Waals surface area (Å²) in [6, 6.07) is 0. The first-order valence-electron chi connectivity index (χ1n) is 6.82. The van der Waals surface area contributed by atoms with Crippen LogP contribution in [0.3, 0.4) is 0 Å².